The Morgan fingerprint density at radius 1 is 0.767 bits per heavy atom. The van der Waals surface area contributed by atoms with E-state index in [4.69, 9.17) is 14.5 Å². The Labute approximate surface area is 184 Å². The van der Waals surface area contributed by atoms with E-state index in [2.05, 4.69) is 58.0 Å². The minimum absolute atomic E-state index is 0.307. The number of rotatable bonds is 16. The monoisotopic (exact) mass is 413 g/mol. The quantitative estimate of drug-likeness (QED) is 0.206. The second-order valence-electron chi connectivity index (χ2n) is 8.31. The topological polar surface area (TPSA) is 31.4 Å². The summed E-state index contributed by atoms with van der Waals surface area (Å²) in [5, 5.41) is 2.34. The van der Waals surface area contributed by atoms with Gasteiger partial charge in [-0.3, -0.25) is 4.98 Å². The first-order chi connectivity index (χ1) is 14.7. The molecule has 30 heavy (non-hydrogen) atoms. The molecule has 0 aliphatic heterocycles. The maximum Gasteiger partial charge on any atom is 0.215 e. The van der Waals surface area contributed by atoms with Gasteiger partial charge in [-0.05, 0) is 38.1 Å². The van der Waals surface area contributed by atoms with E-state index in [0.29, 0.717) is 19.1 Å². The summed E-state index contributed by atoms with van der Waals surface area (Å²) >= 11 is 0. The van der Waals surface area contributed by atoms with Gasteiger partial charge >= 0.3 is 0 Å². The summed E-state index contributed by atoms with van der Waals surface area (Å²) < 4.78 is 13.1. The largest absolute Gasteiger partial charge is 0.345 e. The Morgan fingerprint density at radius 3 is 2.10 bits per heavy atom. The maximum atomic E-state index is 6.53. The summed E-state index contributed by atoms with van der Waals surface area (Å²) in [5.41, 5.74) is 0.955. The minimum atomic E-state index is -0.775. The fourth-order valence-electron chi connectivity index (χ4n) is 4.58. The first kappa shape index (κ1) is 24.8. The minimum Gasteiger partial charge on any atom is -0.345 e. The number of hydrogen-bond acceptors (Lipinski definition) is 3. The molecule has 1 unspecified atom stereocenters. The van der Waals surface area contributed by atoms with E-state index in [1.807, 2.05) is 6.20 Å². The van der Waals surface area contributed by atoms with Gasteiger partial charge in [-0.25, -0.2) is 0 Å². The Balaban J connectivity index is 2.38. The van der Waals surface area contributed by atoms with Crippen molar-refractivity contribution >= 4 is 10.8 Å². The number of aromatic nitrogens is 1. The molecule has 3 nitrogen and oxygen atoms in total. The molecule has 0 fully saturated rings. The summed E-state index contributed by atoms with van der Waals surface area (Å²) in [6.07, 6.45) is 14.4. The van der Waals surface area contributed by atoms with Gasteiger partial charge in [-0.2, -0.15) is 0 Å². The van der Waals surface area contributed by atoms with Gasteiger partial charge in [-0.1, -0.05) is 89.5 Å². The predicted molar refractivity (Wildman–Crippen MR) is 128 cm³/mol. The molecule has 2 aromatic rings. The van der Waals surface area contributed by atoms with Crippen molar-refractivity contribution in [2.24, 2.45) is 5.92 Å². The summed E-state index contributed by atoms with van der Waals surface area (Å²) in [6.45, 7) is 9.91. The molecule has 0 amide bonds. The van der Waals surface area contributed by atoms with Crippen molar-refractivity contribution in [2.45, 2.75) is 97.7 Å². The summed E-state index contributed by atoms with van der Waals surface area (Å²) in [5.74, 6) is -0.468. The second-order valence-corrected chi connectivity index (χ2v) is 8.31. The van der Waals surface area contributed by atoms with Crippen LogP contribution in [0.15, 0.2) is 36.5 Å². The Hall–Kier alpha value is -1.45. The number of unbranched alkanes of at least 4 members (excludes halogenated alkanes) is 6. The van der Waals surface area contributed by atoms with Crippen molar-refractivity contribution in [3.05, 3.63) is 42.2 Å². The first-order valence-electron chi connectivity index (χ1n) is 12.4. The van der Waals surface area contributed by atoms with Gasteiger partial charge in [0.2, 0.25) is 5.79 Å². The van der Waals surface area contributed by atoms with Gasteiger partial charge in [0.25, 0.3) is 0 Å². The van der Waals surface area contributed by atoms with Crippen LogP contribution in [0.5, 0.6) is 0 Å². The molecule has 1 aromatic carbocycles. The Bertz CT molecular complexity index is 704. The maximum absolute atomic E-state index is 6.53. The summed E-state index contributed by atoms with van der Waals surface area (Å²) in [6, 6.07) is 10.6. The van der Waals surface area contributed by atoms with Crippen LogP contribution in [-0.2, 0) is 15.3 Å². The lowest BCUT2D eigenvalue weighted by atomic mass is 9.83. The molecule has 1 atom stereocenters. The molecule has 0 saturated heterocycles. The van der Waals surface area contributed by atoms with Gasteiger partial charge in [0.05, 0.1) is 0 Å². The van der Waals surface area contributed by atoms with Crippen LogP contribution in [-0.4, -0.2) is 18.2 Å². The van der Waals surface area contributed by atoms with Crippen LogP contribution in [0.25, 0.3) is 10.8 Å². The Morgan fingerprint density at radius 2 is 1.40 bits per heavy atom. The third-order valence-electron chi connectivity index (χ3n) is 6.07. The zero-order valence-corrected chi connectivity index (χ0v) is 19.8. The van der Waals surface area contributed by atoms with Gasteiger partial charge in [0, 0.05) is 30.7 Å². The zero-order valence-electron chi connectivity index (χ0n) is 19.8. The molecular formula is C27H43NO2. The molecule has 2 rings (SSSR count). The SMILES string of the molecule is CCCCCCCCC(CCCC)C(OCC)(OCC)c1nccc2ccccc12. The number of ether oxygens (including phenoxy) is 2. The molecule has 0 spiro atoms. The third-order valence-corrected chi connectivity index (χ3v) is 6.07. The molecule has 168 valence electrons. The van der Waals surface area contributed by atoms with Crippen LogP contribution in [0.3, 0.4) is 0 Å². The fourth-order valence-corrected chi connectivity index (χ4v) is 4.58. The highest BCUT2D eigenvalue weighted by Gasteiger charge is 2.44. The molecule has 0 aliphatic carbocycles. The van der Waals surface area contributed by atoms with Gasteiger partial charge in [0.1, 0.15) is 5.69 Å². The molecule has 0 N–H and O–H groups in total. The molecule has 1 heterocycles. The van der Waals surface area contributed by atoms with Crippen LogP contribution in [0.1, 0.15) is 97.6 Å². The molecule has 1 aromatic heterocycles. The van der Waals surface area contributed by atoms with Crippen LogP contribution in [0, 0.1) is 5.92 Å². The smallest absolute Gasteiger partial charge is 0.215 e. The molecular weight excluding hydrogens is 370 g/mol. The predicted octanol–water partition coefficient (Wildman–Crippen LogP) is 8.02. The van der Waals surface area contributed by atoms with Crippen molar-refractivity contribution in [2.75, 3.05) is 13.2 Å². The molecule has 0 radical (unpaired) electrons. The zero-order chi connectivity index (χ0) is 21.7. The van der Waals surface area contributed by atoms with Crippen molar-refractivity contribution < 1.29 is 9.47 Å². The van der Waals surface area contributed by atoms with E-state index in [-0.39, 0.29) is 0 Å². The van der Waals surface area contributed by atoms with Crippen LogP contribution < -0.4 is 0 Å². The molecule has 0 bridgehead atoms. The number of fused-ring (bicyclic) bond motifs is 1. The lowest BCUT2D eigenvalue weighted by molar-refractivity contribution is -0.278. The average molecular weight is 414 g/mol. The summed E-state index contributed by atoms with van der Waals surface area (Å²) in [7, 11) is 0. The van der Waals surface area contributed by atoms with E-state index in [0.717, 1.165) is 23.9 Å². The Kier molecular flexibility index (Phi) is 11.4. The van der Waals surface area contributed by atoms with Gasteiger partial charge in [-0.15, -0.1) is 0 Å². The average Bonchev–Trinajstić information content (AvgIpc) is 2.77. The van der Waals surface area contributed by atoms with Crippen molar-refractivity contribution in [3.63, 3.8) is 0 Å². The third kappa shape index (κ3) is 6.52. The standard InChI is InChI=1S/C27H43NO2/c1-5-9-11-12-13-14-19-24(18-10-6-2)27(29-7-3,30-8-4)26-25-20-16-15-17-23(25)21-22-28-26/h15-17,20-22,24H,5-14,18-19H2,1-4H3. The van der Waals surface area contributed by atoms with Gasteiger partial charge in [0.15, 0.2) is 0 Å². The fraction of sp³-hybridized carbons (Fsp3) is 0.667. The number of pyridine rings is 1. The van der Waals surface area contributed by atoms with Crippen LogP contribution in [0.4, 0.5) is 0 Å². The van der Waals surface area contributed by atoms with Crippen molar-refractivity contribution in [1.29, 1.82) is 0 Å². The summed E-state index contributed by atoms with van der Waals surface area (Å²) in [4.78, 5) is 4.86. The van der Waals surface area contributed by atoms with E-state index >= 15 is 0 Å². The highest BCUT2D eigenvalue weighted by Crippen LogP contribution is 2.42. The van der Waals surface area contributed by atoms with E-state index in [9.17, 15) is 0 Å². The van der Waals surface area contributed by atoms with Gasteiger partial charge < -0.3 is 9.47 Å². The molecule has 3 heteroatoms. The highest BCUT2D eigenvalue weighted by molar-refractivity contribution is 5.84. The van der Waals surface area contributed by atoms with Crippen LogP contribution >= 0.6 is 0 Å². The van der Waals surface area contributed by atoms with Crippen molar-refractivity contribution in [1.82, 2.24) is 4.98 Å². The normalized spacial score (nSPS) is 13.1. The van der Waals surface area contributed by atoms with E-state index in [1.165, 1.54) is 56.8 Å². The number of hydrogen-bond donors (Lipinski definition) is 0. The number of nitrogens with zero attached hydrogens (tertiary/aromatic N) is 1. The molecule has 0 saturated carbocycles. The molecule has 0 aliphatic rings. The second kappa shape index (κ2) is 13.8. The van der Waals surface area contributed by atoms with Crippen LogP contribution in [0.2, 0.25) is 0 Å². The number of benzene rings is 1. The first-order valence-corrected chi connectivity index (χ1v) is 12.4. The highest BCUT2D eigenvalue weighted by atomic mass is 16.7. The van der Waals surface area contributed by atoms with Crippen molar-refractivity contribution in [3.8, 4) is 0 Å². The lowest BCUT2D eigenvalue weighted by Crippen LogP contribution is -2.42. The van der Waals surface area contributed by atoms with E-state index < -0.39 is 5.79 Å². The lowest BCUT2D eigenvalue weighted by Gasteiger charge is -2.40. The van der Waals surface area contributed by atoms with E-state index in [1.54, 1.807) is 0 Å².